The maximum Gasteiger partial charge on any atom is 0.271 e. The first-order valence-electron chi connectivity index (χ1n) is 4.81. The summed E-state index contributed by atoms with van der Waals surface area (Å²) in [6.07, 6.45) is 0. The average Bonchev–Trinajstić information content (AvgIpc) is 2.77. The van der Waals surface area contributed by atoms with Crippen LogP contribution in [0.25, 0.3) is 0 Å². The monoisotopic (exact) mass is 331 g/mol. The number of rotatable bonds is 3. The van der Waals surface area contributed by atoms with E-state index in [-0.39, 0.29) is 0 Å². The Morgan fingerprint density at radius 3 is 2.71 bits per heavy atom. The van der Waals surface area contributed by atoms with Crippen LogP contribution in [0.5, 0.6) is 0 Å². The minimum Gasteiger partial charge on any atom is -0.279 e. The van der Waals surface area contributed by atoms with Gasteiger partial charge in [0.15, 0.2) is 0 Å². The molecule has 2 aromatic rings. The zero-order valence-corrected chi connectivity index (χ0v) is 12.2. The molecule has 0 bridgehead atoms. The third kappa shape index (κ3) is 2.88. The van der Waals surface area contributed by atoms with Crippen molar-refractivity contribution in [2.45, 2.75) is 11.1 Å². The van der Waals surface area contributed by atoms with Gasteiger partial charge in [0.05, 0.1) is 5.69 Å². The predicted octanol–water partition coefficient (Wildman–Crippen LogP) is 3.62. The molecule has 6 heteroatoms. The van der Waals surface area contributed by atoms with Crippen LogP contribution in [0.3, 0.4) is 0 Å². The summed E-state index contributed by atoms with van der Waals surface area (Å²) in [5.41, 5.74) is 1.47. The minimum absolute atomic E-state index is 0.317. The molecule has 1 heterocycles. The van der Waals surface area contributed by atoms with Gasteiger partial charge in [-0.25, -0.2) is 8.42 Å². The summed E-state index contributed by atoms with van der Waals surface area (Å²) in [6, 6.07) is 8.78. The maximum absolute atomic E-state index is 12.0. The number of benzene rings is 1. The van der Waals surface area contributed by atoms with Gasteiger partial charge in [0.1, 0.15) is 4.21 Å². The summed E-state index contributed by atoms with van der Waals surface area (Å²) in [6.45, 7) is 1.86. The topological polar surface area (TPSA) is 46.2 Å². The molecular weight excluding hydrogens is 322 g/mol. The lowest BCUT2D eigenvalue weighted by Crippen LogP contribution is -2.12. The van der Waals surface area contributed by atoms with Crippen molar-refractivity contribution in [2.75, 3.05) is 4.72 Å². The van der Waals surface area contributed by atoms with Crippen LogP contribution >= 0.6 is 27.3 Å². The molecule has 90 valence electrons. The number of aryl methyl sites for hydroxylation is 1. The fourth-order valence-corrected chi connectivity index (χ4v) is 3.79. The van der Waals surface area contributed by atoms with Gasteiger partial charge in [0, 0.05) is 4.47 Å². The van der Waals surface area contributed by atoms with Crippen molar-refractivity contribution in [1.82, 2.24) is 0 Å². The number of thiophene rings is 1. The molecule has 0 amide bonds. The minimum atomic E-state index is -3.46. The molecule has 0 aliphatic carbocycles. The zero-order valence-electron chi connectivity index (χ0n) is 8.98. The molecule has 0 atom stereocenters. The molecule has 17 heavy (non-hydrogen) atoms. The van der Waals surface area contributed by atoms with Crippen LogP contribution in [0, 0.1) is 6.92 Å². The van der Waals surface area contributed by atoms with Crippen LogP contribution in [0.1, 0.15) is 5.56 Å². The van der Waals surface area contributed by atoms with Crippen molar-refractivity contribution < 1.29 is 8.42 Å². The molecule has 1 aromatic heterocycles. The van der Waals surface area contributed by atoms with Gasteiger partial charge in [-0.15, -0.1) is 11.3 Å². The zero-order chi connectivity index (χ0) is 12.5. The predicted molar refractivity (Wildman–Crippen MR) is 74.0 cm³/mol. The Kier molecular flexibility index (Phi) is 3.56. The van der Waals surface area contributed by atoms with E-state index in [2.05, 4.69) is 20.7 Å². The smallest absolute Gasteiger partial charge is 0.271 e. The van der Waals surface area contributed by atoms with Gasteiger partial charge in [-0.1, -0.05) is 28.1 Å². The highest BCUT2D eigenvalue weighted by Gasteiger charge is 2.16. The molecule has 0 saturated heterocycles. The lowest BCUT2D eigenvalue weighted by atomic mass is 10.2. The lowest BCUT2D eigenvalue weighted by Gasteiger charge is -2.09. The molecule has 0 radical (unpaired) electrons. The van der Waals surface area contributed by atoms with Gasteiger partial charge in [-0.05, 0) is 36.1 Å². The van der Waals surface area contributed by atoms with Crippen molar-refractivity contribution in [1.29, 1.82) is 0 Å². The summed E-state index contributed by atoms with van der Waals surface area (Å²) in [5, 5.41) is 1.74. The van der Waals surface area contributed by atoms with Gasteiger partial charge in [-0.2, -0.15) is 0 Å². The highest BCUT2D eigenvalue weighted by molar-refractivity contribution is 9.10. The molecule has 0 aliphatic heterocycles. The Bertz CT molecular complexity index is 621. The lowest BCUT2D eigenvalue weighted by molar-refractivity contribution is 0.603. The molecule has 0 aliphatic rings. The second-order valence-corrected chi connectivity index (χ2v) is 7.27. The normalized spacial score (nSPS) is 11.4. The molecule has 1 N–H and O–H groups in total. The highest BCUT2D eigenvalue weighted by atomic mass is 79.9. The Balaban J connectivity index is 2.36. The third-order valence-corrected chi connectivity index (χ3v) is 5.46. The molecule has 0 unspecified atom stereocenters. The van der Waals surface area contributed by atoms with E-state index in [4.69, 9.17) is 0 Å². The van der Waals surface area contributed by atoms with Gasteiger partial charge in [-0.3, -0.25) is 4.72 Å². The summed E-state index contributed by atoms with van der Waals surface area (Å²) in [5.74, 6) is 0. The first kappa shape index (κ1) is 12.6. The second-order valence-electron chi connectivity index (χ2n) is 3.50. The summed E-state index contributed by atoms with van der Waals surface area (Å²) < 4.78 is 27.8. The Hall–Kier alpha value is -0.850. The van der Waals surface area contributed by atoms with E-state index in [1.165, 1.54) is 11.3 Å². The Morgan fingerprint density at radius 1 is 1.29 bits per heavy atom. The van der Waals surface area contributed by atoms with Gasteiger partial charge in [0.25, 0.3) is 10.0 Å². The molecule has 0 saturated carbocycles. The number of sulfonamides is 1. The molecule has 0 spiro atoms. The van der Waals surface area contributed by atoms with Crippen molar-refractivity contribution in [3.05, 3.63) is 45.7 Å². The first-order chi connectivity index (χ1) is 7.99. The fraction of sp³-hybridized carbons (Fsp3) is 0.0909. The SMILES string of the molecule is Cc1ccc(Br)cc1NS(=O)(=O)c1cccs1. The van der Waals surface area contributed by atoms with Crippen molar-refractivity contribution >= 4 is 43.0 Å². The van der Waals surface area contributed by atoms with E-state index in [0.717, 1.165) is 10.0 Å². The molecule has 2 rings (SSSR count). The maximum atomic E-state index is 12.0. The van der Waals surface area contributed by atoms with Crippen molar-refractivity contribution in [2.24, 2.45) is 0 Å². The van der Waals surface area contributed by atoms with E-state index in [0.29, 0.717) is 9.90 Å². The van der Waals surface area contributed by atoms with E-state index in [1.807, 2.05) is 19.1 Å². The number of anilines is 1. The van der Waals surface area contributed by atoms with Crippen LogP contribution in [-0.2, 0) is 10.0 Å². The number of halogens is 1. The fourth-order valence-electron chi connectivity index (χ4n) is 1.32. The Morgan fingerprint density at radius 2 is 2.06 bits per heavy atom. The first-order valence-corrected chi connectivity index (χ1v) is 7.97. The molecule has 0 fully saturated rings. The van der Waals surface area contributed by atoms with Gasteiger partial charge in [0.2, 0.25) is 0 Å². The van der Waals surface area contributed by atoms with Crippen LogP contribution in [0.15, 0.2) is 44.4 Å². The molecule has 1 aromatic carbocycles. The highest BCUT2D eigenvalue weighted by Crippen LogP contribution is 2.25. The number of nitrogens with one attached hydrogen (secondary N) is 1. The largest absolute Gasteiger partial charge is 0.279 e. The van der Waals surface area contributed by atoms with Crippen LogP contribution < -0.4 is 4.72 Å². The van der Waals surface area contributed by atoms with Gasteiger partial charge >= 0.3 is 0 Å². The quantitative estimate of drug-likeness (QED) is 0.933. The van der Waals surface area contributed by atoms with Crippen LogP contribution in [0.2, 0.25) is 0 Å². The van der Waals surface area contributed by atoms with E-state index < -0.39 is 10.0 Å². The van der Waals surface area contributed by atoms with E-state index in [1.54, 1.807) is 23.6 Å². The summed E-state index contributed by atoms with van der Waals surface area (Å²) in [7, 11) is -3.46. The second kappa shape index (κ2) is 4.80. The number of hydrogen-bond acceptors (Lipinski definition) is 3. The summed E-state index contributed by atoms with van der Waals surface area (Å²) >= 11 is 4.52. The molecular formula is C11H10BrNO2S2. The van der Waals surface area contributed by atoms with Crippen LogP contribution in [0.4, 0.5) is 5.69 Å². The van der Waals surface area contributed by atoms with E-state index >= 15 is 0 Å². The Labute approximate surface area is 113 Å². The van der Waals surface area contributed by atoms with Crippen molar-refractivity contribution in [3.8, 4) is 0 Å². The third-order valence-electron chi connectivity index (χ3n) is 2.20. The van der Waals surface area contributed by atoms with Crippen molar-refractivity contribution in [3.63, 3.8) is 0 Å². The van der Waals surface area contributed by atoms with Crippen LogP contribution in [-0.4, -0.2) is 8.42 Å². The molecule has 3 nitrogen and oxygen atoms in total. The van der Waals surface area contributed by atoms with Gasteiger partial charge < -0.3 is 0 Å². The standard InChI is InChI=1S/C11H10BrNO2S2/c1-8-4-5-9(12)7-10(8)13-17(14,15)11-3-2-6-16-11/h2-7,13H,1H3. The summed E-state index contributed by atoms with van der Waals surface area (Å²) in [4.78, 5) is 0. The number of hydrogen-bond donors (Lipinski definition) is 1. The average molecular weight is 332 g/mol. The van der Waals surface area contributed by atoms with E-state index in [9.17, 15) is 8.42 Å².